The van der Waals surface area contributed by atoms with Gasteiger partial charge in [0.1, 0.15) is 0 Å². The van der Waals surface area contributed by atoms with E-state index in [-0.39, 0.29) is 0 Å². The van der Waals surface area contributed by atoms with E-state index in [4.69, 9.17) is 10.00 Å². The monoisotopic (exact) mass is 267 g/mol. The van der Waals surface area contributed by atoms with Gasteiger partial charge in [-0.15, -0.1) is 0 Å². The highest BCUT2D eigenvalue weighted by Gasteiger charge is 2.04. The van der Waals surface area contributed by atoms with Crippen LogP contribution in [0.25, 0.3) is 0 Å². The van der Waals surface area contributed by atoms with Crippen molar-refractivity contribution in [1.82, 2.24) is 0 Å². The van der Waals surface area contributed by atoms with Crippen LogP contribution in [0.2, 0.25) is 0 Å². The van der Waals surface area contributed by atoms with E-state index in [9.17, 15) is 0 Å². The predicted molar refractivity (Wildman–Crippen MR) is 53.8 cm³/mol. The van der Waals surface area contributed by atoms with E-state index in [1.165, 1.54) is 0 Å². The molecule has 0 aliphatic heterocycles. The van der Waals surface area contributed by atoms with Gasteiger partial charge >= 0.3 is 0 Å². The minimum absolute atomic E-state index is 0.361. The molecule has 0 aliphatic rings. The standard InChI is InChI=1S/C8H14INO/c1-11-8(5-6-9)4-2-3-7-10/h8H,2-6H2,1H3. The molecule has 0 aromatic rings. The number of hydrogen-bond acceptors (Lipinski definition) is 2. The molecule has 0 amide bonds. The number of alkyl halides is 1. The fourth-order valence-electron chi connectivity index (χ4n) is 0.911. The molecule has 0 radical (unpaired) electrons. The van der Waals surface area contributed by atoms with Gasteiger partial charge in [-0.25, -0.2) is 0 Å². The molecule has 0 rings (SSSR count). The molecule has 64 valence electrons. The Morgan fingerprint density at radius 2 is 2.27 bits per heavy atom. The maximum absolute atomic E-state index is 8.29. The summed E-state index contributed by atoms with van der Waals surface area (Å²) < 4.78 is 6.35. The SMILES string of the molecule is COC(CCI)CCCC#N. The predicted octanol–water partition coefficient (Wildman–Crippen LogP) is 2.52. The zero-order chi connectivity index (χ0) is 8.53. The van der Waals surface area contributed by atoms with Crippen LogP contribution >= 0.6 is 22.6 Å². The van der Waals surface area contributed by atoms with Crippen molar-refractivity contribution in [2.45, 2.75) is 31.8 Å². The van der Waals surface area contributed by atoms with E-state index < -0.39 is 0 Å². The van der Waals surface area contributed by atoms with Crippen LogP contribution in [-0.4, -0.2) is 17.6 Å². The maximum atomic E-state index is 8.29. The van der Waals surface area contributed by atoms with E-state index in [1.54, 1.807) is 7.11 Å². The van der Waals surface area contributed by atoms with E-state index in [2.05, 4.69) is 28.7 Å². The largest absolute Gasteiger partial charge is 0.381 e. The molecule has 0 aromatic heterocycles. The van der Waals surface area contributed by atoms with Crippen LogP contribution in [0.4, 0.5) is 0 Å². The number of halogens is 1. The van der Waals surface area contributed by atoms with Crippen molar-refractivity contribution in [2.75, 3.05) is 11.5 Å². The van der Waals surface area contributed by atoms with Gasteiger partial charge in [-0.3, -0.25) is 0 Å². The molecular weight excluding hydrogens is 253 g/mol. The Balaban J connectivity index is 3.29. The lowest BCUT2D eigenvalue weighted by molar-refractivity contribution is 0.0922. The van der Waals surface area contributed by atoms with E-state index in [0.717, 1.165) is 23.7 Å². The first-order chi connectivity index (χ1) is 5.35. The average Bonchev–Trinajstić information content (AvgIpc) is 2.03. The van der Waals surface area contributed by atoms with Crippen LogP contribution in [0.1, 0.15) is 25.7 Å². The van der Waals surface area contributed by atoms with E-state index >= 15 is 0 Å². The number of ether oxygens (including phenoxy) is 1. The van der Waals surface area contributed by atoms with Gasteiger partial charge in [0.25, 0.3) is 0 Å². The quantitative estimate of drug-likeness (QED) is 0.421. The third kappa shape index (κ3) is 6.57. The lowest BCUT2D eigenvalue weighted by Gasteiger charge is -2.11. The summed E-state index contributed by atoms with van der Waals surface area (Å²) in [6, 6.07) is 2.13. The number of nitrogens with zero attached hydrogens (tertiary/aromatic N) is 1. The van der Waals surface area contributed by atoms with Crippen molar-refractivity contribution < 1.29 is 4.74 Å². The Morgan fingerprint density at radius 3 is 2.73 bits per heavy atom. The van der Waals surface area contributed by atoms with Crippen LogP contribution in [-0.2, 0) is 4.74 Å². The zero-order valence-electron chi connectivity index (χ0n) is 6.85. The number of hydrogen-bond donors (Lipinski definition) is 0. The minimum Gasteiger partial charge on any atom is -0.381 e. The Kier molecular flexibility index (Phi) is 8.41. The van der Waals surface area contributed by atoms with Crippen molar-refractivity contribution in [2.24, 2.45) is 0 Å². The van der Waals surface area contributed by atoms with Crippen LogP contribution in [0.5, 0.6) is 0 Å². The zero-order valence-corrected chi connectivity index (χ0v) is 9.00. The molecule has 3 heteroatoms. The number of methoxy groups -OCH3 is 1. The smallest absolute Gasteiger partial charge is 0.0621 e. The molecule has 0 aliphatic carbocycles. The second-order valence-corrected chi connectivity index (χ2v) is 3.46. The van der Waals surface area contributed by atoms with Crippen molar-refractivity contribution in [3.8, 4) is 6.07 Å². The summed E-state index contributed by atoms with van der Waals surface area (Å²) in [5, 5.41) is 8.29. The molecule has 0 aromatic carbocycles. The second-order valence-electron chi connectivity index (χ2n) is 2.39. The molecular formula is C8H14INO. The van der Waals surface area contributed by atoms with Crippen LogP contribution < -0.4 is 0 Å². The van der Waals surface area contributed by atoms with Crippen molar-refractivity contribution in [3.05, 3.63) is 0 Å². The summed E-state index contributed by atoms with van der Waals surface area (Å²) in [4.78, 5) is 0. The molecule has 0 fully saturated rings. The molecule has 0 saturated heterocycles. The van der Waals surface area contributed by atoms with Crippen molar-refractivity contribution >= 4 is 22.6 Å². The van der Waals surface area contributed by atoms with Gasteiger partial charge in [0.05, 0.1) is 12.2 Å². The maximum Gasteiger partial charge on any atom is 0.0621 e. The molecule has 0 heterocycles. The van der Waals surface area contributed by atoms with E-state index in [0.29, 0.717) is 12.5 Å². The first-order valence-corrected chi connectivity index (χ1v) is 5.33. The van der Waals surface area contributed by atoms with E-state index in [1.807, 2.05) is 0 Å². The highest BCUT2D eigenvalue weighted by Crippen LogP contribution is 2.08. The summed E-state index contributed by atoms with van der Waals surface area (Å²) in [6.45, 7) is 0. The fourth-order valence-corrected chi connectivity index (χ4v) is 1.61. The van der Waals surface area contributed by atoms with Crippen molar-refractivity contribution in [3.63, 3.8) is 0 Å². The topological polar surface area (TPSA) is 33.0 Å². The van der Waals surface area contributed by atoms with Gasteiger partial charge in [-0.05, 0) is 19.3 Å². The van der Waals surface area contributed by atoms with Crippen molar-refractivity contribution in [1.29, 1.82) is 5.26 Å². The highest BCUT2D eigenvalue weighted by molar-refractivity contribution is 14.1. The lowest BCUT2D eigenvalue weighted by atomic mass is 10.1. The lowest BCUT2D eigenvalue weighted by Crippen LogP contribution is -2.10. The molecule has 0 bridgehead atoms. The van der Waals surface area contributed by atoms with Gasteiger partial charge < -0.3 is 4.74 Å². The van der Waals surface area contributed by atoms with Gasteiger partial charge in [0.15, 0.2) is 0 Å². The van der Waals surface area contributed by atoms with Crippen LogP contribution in [0.15, 0.2) is 0 Å². The van der Waals surface area contributed by atoms with Gasteiger partial charge in [0, 0.05) is 18.0 Å². The summed E-state index contributed by atoms with van der Waals surface area (Å²) >= 11 is 2.34. The summed E-state index contributed by atoms with van der Waals surface area (Å²) in [6.07, 6.45) is 4.10. The molecule has 0 spiro atoms. The van der Waals surface area contributed by atoms with Crippen LogP contribution in [0.3, 0.4) is 0 Å². The van der Waals surface area contributed by atoms with Crippen LogP contribution in [0, 0.1) is 11.3 Å². The summed E-state index contributed by atoms with van der Waals surface area (Å²) in [7, 11) is 1.74. The third-order valence-electron chi connectivity index (χ3n) is 1.58. The number of rotatable bonds is 6. The van der Waals surface area contributed by atoms with Gasteiger partial charge in [0.2, 0.25) is 0 Å². The van der Waals surface area contributed by atoms with Gasteiger partial charge in [-0.2, -0.15) is 5.26 Å². The number of unbranched alkanes of at least 4 members (excludes halogenated alkanes) is 1. The first-order valence-electron chi connectivity index (χ1n) is 3.80. The first kappa shape index (κ1) is 11.2. The average molecular weight is 267 g/mol. The summed E-state index contributed by atoms with van der Waals surface area (Å²) in [5.41, 5.74) is 0. The molecule has 0 N–H and O–H groups in total. The third-order valence-corrected chi connectivity index (χ3v) is 2.20. The molecule has 0 saturated carbocycles. The number of nitriles is 1. The fraction of sp³-hybridized carbons (Fsp3) is 0.875. The second kappa shape index (κ2) is 8.28. The highest BCUT2D eigenvalue weighted by atomic mass is 127. The molecule has 1 unspecified atom stereocenters. The minimum atomic E-state index is 0.361. The summed E-state index contributed by atoms with van der Waals surface area (Å²) in [5.74, 6) is 0. The molecule has 11 heavy (non-hydrogen) atoms. The Hall–Kier alpha value is 0.180. The van der Waals surface area contributed by atoms with Gasteiger partial charge in [-0.1, -0.05) is 22.6 Å². The molecule has 1 atom stereocenters. The normalized spacial score (nSPS) is 12.5. The molecule has 2 nitrogen and oxygen atoms in total. The Morgan fingerprint density at radius 1 is 1.55 bits per heavy atom. The Bertz CT molecular complexity index is 122. The Labute approximate surface area is 82.1 Å².